The van der Waals surface area contributed by atoms with Crippen LogP contribution in [0.2, 0.25) is 0 Å². The zero-order valence-corrected chi connectivity index (χ0v) is 18.4. The predicted octanol–water partition coefficient (Wildman–Crippen LogP) is 4.06. The lowest BCUT2D eigenvalue weighted by Crippen LogP contribution is -2.16. The lowest BCUT2D eigenvalue weighted by atomic mass is 10.3. The van der Waals surface area contributed by atoms with Crippen LogP contribution >= 0.6 is 15.9 Å². The van der Waals surface area contributed by atoms with E-state index in [4.69, 9.17) is 4.74 Å². The molecule has 7 nitrogen and oxygen atoms in total. The summed E-state index contributed by atoms with van der Waals surface area (Å²) in [6.45, 7) is 0. The van der Waals surface area contributed by atoms with Gasteiger partial charge in [0, 0.05) is 10.2 Å². The largest absolute Gasteiger partial charge is 0.495 e. The average molecular weight is 497 g/mol. The zero-order valence-electron chi connectivity index (χ0n) is 15.2. The van der Waals surface area contributed by atoms with Crippen molar-refractivity contribution in [1.29, 1.82) is 0 Å². The van der Waals surface area contributed by atoms with Gasteiger partial charge in [0.1, 0.15) is 10.6 Å². The number of hydrogen-bond donors (Lipinski definition) is 2. The quantitative estimate of drug-likeness (QED) is 0.513. The summed E-state index contributed by atoms with van der Waals surface area (Å²) in [6, 6.07) is 18.4. The highest BCUT2D eigenvalue weighted by Gasteiger charge is 2.22. The van der Waals surface area contributed by atoms with E-state index in [0.717, 1.165) is 4.47 Å². The van der Waals surface area contributed by atoms with Gasteiger partial charge in [0.25, 0.3) is 20.0 Å². The molecule has 0 atom stereocenters. The number of halogens is 1. The van der Waals surface area contributed by atoms with Crippen LogP contribution < -0.4 is 14.2 Å². The Morgan fingerprint density at radius 3 is 1.97 bits per heavy atom. The maximum Gasteiger partial charge on any atom is 0.265 e. The fraction of sp³-hybridized carbons (Fsp3) is 0.0526. The number of hydrogen-bond acceptors (Lipinski definition) is 5. The molecule has 0 aromatic heterocycles. The van der Waals surface area contributed by atoms with Crippen molar-refractivity contribution in [3.8, 4) is 5.75 Å². The van der Waals surface area contributed by atoms with Crippen LogP contribution in [0.4, 0.5) is 11.4 Å². The number of ether oxygens (including phenoxy) is 1. The molecule has 0 fully saturated rings. The summed E-state index contributed by atoms with van der Waals surface area (Å²) in [7, 11) is -6.57. The molecule has 2 N–H and O–H groups in total. The highest BCUT2D eigenvalue weighted by molar-refractivity contribution is 9.10. The minimum atomic E-state index is -4.04. The molecule has 0 aliphatic heterocycles. The molecule has 0 radical (unpaired) electrons. The molecule has 0 saturated carbocycles. The van der Waals surface area contributed by atoms with Crippen LogP contribution in [0.3, 0.4) is 0 Å². The van der Waals surface area contributed by atoms with E-state index in [1.54, 1.807) is 42.5 Å². The van der Waals surface area contributed by atoms with Crippen molar-refractivity contribution in [1.82, 2.24) is 0 Å². The molecule has 0 saturated heterocycles. The van der Waals surface area contributed by atoms with Crippen molar-refractivity contribution in [2.24, 2.45) is 0 Å². The van der Waals surface area contributed by atoms with Gasteiger partial charge in [-0.25, -0.2) is 16.8 Å². The van der Waals surface area contributed by atoms with E-state index in [2.05, 4.69) is 25.4 Å². The first-order valence-electron chi connectivity index (χ1n) is 8.25. The maximum atomic E-state index is 12.9. The minimum Gasteiger partial charge on any atom is -0.495 e. The van der Waals surface area contributed by atoms with Gasteiger partial charge in [0.2, 0.25) is 0 Å². The summed E-state index contributed by atoms with van der Waals surface area (Å²) in [4.78, 5) is -0.135. The van der Waals surface area contributed by atoms with E-state index in [-0.39, 0.29) is 21.2 Å². The molecular weight excluding hydrogens is 480 g/mol. The van der Waals surface area contributed by atoms with Crippen molar-refractivity contribution >= 4 is 47.4 Å². The summed E-state index contributed by atoms with van der Waals surface area (Å²) in [6.07, 6.45) is 0. The van der Waals surface area contributed by atoms with Gasteiger partial charge in [-0.3, -0.25) is 9.44 Å². The Bertz CT molecular complexity index is 1210. The SMILES string of the molecule is COc1ccc(NS(=O)(=O)c2ccccc2)cc1S(=O)(=O)Nc1ccc(Br)cc1. The van der Waals surface area contributed by atoms with E-state index in [1.807, 2.05) is 0 Å². The van der Waals surface area contributed by atoms with E-state index in [0.29, 0.717) is 5.69 Å². The molecule has 0 bridgehead atoms. The van der Waals surface area contributed by atoms with Crippen molar-refractivity contribution in [3.05, 3.63) is 77.3 Å². The third kappa shape index (κ3) is 5.08. The molecule has 3 aromatic carbocycles. The number of sulfonamides is 2. The van der Waals surface area contributed by atoms with Gasteiger partial charge >= 0.3 is 0 Å². The minimum absolute atomic E-state index is 0.0632. The van der Waals surface area contributed by atoms with Gasteiger partial charge in [0.05, 0.1) is 17.7 Å². The normalized spacial score (nSPS) is 11.7. The predicted molar refractivity (Wildman–Crippen MR) is 115 cm³/mol. The summed E-state index contributed by atoms with van der Waals surface area (Å²) >= 11 is 3.29. The van der Waals surface area contributed by atoms with Crippen LogP contribution in [0, 0.1) is 0 Å². The smallest absolute Gasteiger partial charge is 0.265 e. The van der Waals surface area contributed by atoms with Crippen LogP contribution in [0.5, 0.6) is 5.75 Å². The van der Waals surface area contributed by atoms with Gasteiger partial charge in [0.15, 0.2) is 0 Å². The van der Waals surface area contributed by atoms with E-state index >= 15 is 0 Å². The molecule has 0 aliphatic carbocycles. The second kappa shape index (κ2) is 8.44. The monoisotopic (exact) mass is 496 g/mol. The Hall–Kier alpha value is -2.56. The fourth-order valence-electron chi connectivity index (χ4n) is 2.49. The van der Waals surface area contributed by atoms with Crippen molar-refractivity contribution in [3.63, 3.8) is 0 Å². The number of methoxy groups -OCH3 is 1. The molecular formula is C19H17BrN2O5S2. The molecule has 10 heteroatoms. The van der Waals surface area contributed by atoms with Crippen molar-refractivity contribution in [2.45, 2.75) is 9.79 Å². The van der Waals surface area contributed by atoms with Gasteiger partial charge in [-0.05, 0) is 54.6 Å². The van der Waals surface area contributed by atoms with Gasteiger partial charge < -0.3 is 4.74 Å². The Kier molecular flexibility index (Phi) is 6.15. The van der Waals surface area contributed by atoms with Gasteiger partial charge in [-0.15, -0.1) is 0 Å². The molecule has 3 aromatic rings. The van der Waals surface area contributed by atoms with Gasteiger partial charge in [-0.1, -0.05) is 34.1 Å². The van der Waals surface area contributed by atoms with Crippen LogP contribution in [0.25, 0.3) is 0 Å². The third-order valence-corrected chi connectivity index (χ3v) is 7.18. The molecule has 29 heavy (non-hydrogen) atoms. The van der Waals surface area contributed by atoms with E-state index < -0.39 is 20.0 Å². The maximum absolute atomic E-state index is 12.9. The van der Waals surface area contributed by atoms with E-state index in [1.165, 1.54) is 37.4 Å². The van der Waals surface area contributed by atoms with Crippen LogP contribution in [-0.4, -0.2) is 23.9 Å². The fourth-order valence-corrected chi connectivity index (χ4v) is 5.08. The number of anilines is 2. The zero-order chi connectivity index (χ0) is 21.1. The molecule has 0 amide bonds. The average Bonchev–Trinajstić information content (AvgIpc) is 2.70. The van der Waals surface area contributed by atoms with Crippen molar-refractivity contribution < 1.29 is 21.6 Å². The number of rotatable bonds is 7. The summed E-state index contributed by atoms with van der Waals surface area (Å²) in [5.41, 5.74) is 0.441. The first-order chi connectivity index (χ1) is 13.7. The van der Waals surface area contributed by atoms with Crippen molar-refractivity contribution in [2.75, 3.05) is 16.6 Å². The summed E-state index contributed by atoms with van der Waals surface area (Å²) in [5.74, 6) is 0.0808. The molecule has 0 unspecified atom stereocenters. The third-order valence-electron chi connectivity index (χ3n) is 3.86. The first-order valence-corrected chi connectivity index (χ1v) is 12.0. The Labute approximate surface area is 178 Å². The first kappa shape index (κ1) is 21.2. The second-order valence-corrected chi connectivity index (χ2v) is 10.1. The molecule has 0 heterocycles. The van der Waals surface area contributed by atoms with E-state index in [9.17, 15) is 16.8 Å². The summed E-state index contributed by atoms with van der Waals surface area (Å²) < 4.78 is 61.6. The Balaban J connectivity index is 1.95. The lowest BCUT2D eigenvalue weighted by molar-refractivity contribution is 0.403. The highest BCUT2D eigenvalue weighted by atomic mass is 79.9. The Morgan fingerprint density at radius 1 is 0.759 bits per heavy atom. The number of benzene rings is 3. The van der Waals surface area contributed by atoms with Crippen LogP contribution in [-0.2, 0) is 20.0 Å². The van der Waals surface area contributed by atoms with Crippen LogP contribution in [0.15, 0.2) is 87.1 Å². The lowest BCUT2D eigenvalue weighted by Gasteiger charge is -2.14. The molecule has 0 spiro atoms. The topological polar surface area (TPSA) is 102 Å². The summed E-state index contributed by atoms with van der Waals surface area (Å²) in [5, 5.41) is 0. The highest BCUT2D eigenvalue weighted by Crippen LogP contribution is 2.30. The number of nitrogens with one attached hydrogen (secondary N) is 2. The van der Waals surface area contributed by atoms with Crippen LogP contribution in [0.1, 0.15) is 0 Å². The molecule has 3 rings (SSSR count). The molecule has 0 aliphatic rings. The molecule has 152 valence electrons. The second-order valence-electron chi connectivity index (χ2n) is 5.90. The van der Waals surface area contributed by atoms with Gasteiger partial charge in [-0.2, -0.15) is 0 Å². The Morgan fingerprint density at radius 2 is 1.34 bits per heavy atom. The standard InChI is InChI=1S/C19H17BrN2O5S2/c1-27-18-12-11-16(22-28(23,24)17-5-3-2-4-6-17)13-19(18)29(25,26)21-15-9-7-14(20)8-10-15/h2-13,21-22H,1H3.